The first-order valence-electron chi connectivity index (χ1n) is 6.49. The molecule has 0 aliphatic rings. The fourth-order valence-corrected chi connectivity index (χ4v) is 1.51. The van der Waals surface area contributed by atoms with E-state index in [1.165, 1.54) is 7.11 Å². The minimum Gasteiger partial charge on any atom is -0.467 e. The lowest BCUT2D eigenvalue weighted by molar-refractivity contribution is -0.146. The normalized spacial score (nSPS) is 12.6. The van der Waals surface area contributed by atoms with E-state index in [1.54, 1.807) is 0 Å². The number of carbonyl (C=O) groups is 2. The summed E-state index contributed by atoms with van der Waals surface area (Å²) in [5, 5.41) is 5.95. The van der Waals surface area contributed by atoms with Crippen LogP contribution in [-0.4, -0.2) is 37.6 Å². The highest BCUT2D eigenvalue weighted by Crippen LogP contribution is 2.04. The van der Waals surface area contributed by atoms with Gasteiger partial charge in [-0.25, -0.2) is 4.79 Å². The molecule has 0 bridgehead atoms. The van der Waals surface area contributed by atoms with Crippen molar-refractivity contribution in [1.29, 1.82) is 0 Å². The van der Waals surface area contributed by atoms with Crippen molar-refractivity contribution in [3.8, 4) is 0 Å². The molecule has 0 saturated carbocycles. The average molecular weight is 258 g/mol. The second-order valence-electron chi connectivity index (χ2n) is 5.02. The number of amides is 1. The highest BCUT2D eigenvalue weighted by molar-refractivity contribution is 5.84. The molecule has 1 atom stereocenters. The molecule has 0 aliphatic heterocycles. The second-order valence-corrected chi connectivity index (χ2v) is 5.02. The van der Waals surface area contributed by atoms with Crippen molar-refractivity contribution in [1.82, 2.24) is 10.6 Å². The molecule has 0 aromatic rings. The van der Waals surface area contributed by atoms with Gasteiger partial charge in [0.1, 0.15) is 6.04 Å². The summed E-state index contributed by atoms with van der Waals surface area (Å²) in [4.78, 5) is 23.1. The average Bonchev–Trinajstić information content (AvgIpc) is 2.30. The maximum absolute atomic E-state index is 11.7. The number of ether oxygens (including phenoxy) is 1. The highest BCUT2D eigenvalue weighted by atomic mass is 16.5. The summed E-state index contributed by atoms with van der Waals surface area (Å²) in [6.07, 6.45) is 1.18. The number of hydrogen-bond acceptors (Lipinski definition) is 4. The van der Waals surface area contributed by atoms with Crippen LogP contribution in [0.1, 0.15) is 40.5 Å². The predicted octanol–water partition coefficient (Wildman–Crippen LogP) is 1.08. The second kappa shape index (κ2) is 8.91. The number of nitrogens with one attached hydrogen (secondary N) is 2. The van der Waals surface area contributed by atoms with Crippen LogP contribution in [0, 0.1) is 5.92 Å². The summed E-state index contributed by atoms with van der Waals surface area (Å²) >= 11 is 0. The first-order chi connectivity index (χ1) is 8.38. The zero-order valence-corrected chi connectivity index (χ0v) is 12.1. The Bertz CT molecular complexity index is 265. The maximum Gasteiger partial charge on any atom is 0.328 e. The van der Waals surface area contributed by atoms with E-state index in [9.17, 15) is 9.59 Å². The van der Waals surface area contributed by atoms with Gasteiger partial charge < -0.3 is 15.4 Å². The van der Waals surface area contributed by atoms with Gasteiger partial charge in [-0.3, -0.25) is 4.79 Å². The Morgan fingerprint density at radius 3 is 2.22 bits per heavy atom. The number of rotatable bonds is 8. The van der Waals surface area contributed by atoms with Crippen molar-refractivity contribution < 1.29 is 14.3 Å². The fourth-order valence-electron chi connectivity index (χ4n) is 1.51. The number of methoxy groups -OCH3 is 1. The van der Waals surface area contributed by atoms with Crippen LogP contribution in [0.15, 0.2) is 0 Å². The molecular formula is C13H26N2O3. The smallest absolute Gasteiger partial charge is 0.328 e. The lowest BCUT2D eigenvalue weighted by atomic mass is 10.0. The van der Waals surface area contributed by atoms with Crippen LogP contribution in [0.4, 0.5) is 0 Å². The third-order valence-corrected chi connectivity index (χ3v) is 2.57. The molecule has 2 N–H and O–H groups in total. The first kappa shape index (κ1) is 16.9. The van der Waals surface area contributed by atoms with Crippen LogP contribution in [0.3, 0.4) is 0 Å². The van der Waals surface area contributed by atoms with Gasteiger partial charge in [-0.05, 0) is 18.9 Å². The van der Waals surface area contributed by atoms with Crippen LogP contribution >= 0.6 is 0 Å². The first-order valence-corrected chi connectivity index (χ1v) is 6.49. The fraction of sp³-hybridized carbons (Fsp3) is 0.846. The van der Waals surface area contributed by atoms with E-state index in [2.05, 4.69) is 29.2 Å². The Labute approximate surface area is 110 Å². The molecule has 0 saturated heterocycles. The van der Waals surface area contributed by atoms with E-state index >= 15 is 0 Å². The van der Waals surface area contributed by atoms with Crippen LogP contribution in [-0.2, 0) is 14.3 Å². The lowest BCUT2D eigenvalue weighted by Crippen LogP contribution is -2.45. The van der Waals surface area contributed by atoms with Gasteiger partial charge in [-0.1, -0.05) is 27.7 Å². The van der Waals surface area contributed by atoms with Crippen LogP contribution in [0.25, 0.3) is 0 Å². The molecule has 0 radical (unpaired) electrons. The Morgan fingerprint density at radius 2 is 1.78 bits per heavy atom. The topological polar surface area (TPSA) is 67.4 Å². The highest BCUT2D eigenvalue weighted by Gasteiger charge is 2.24. The van der Waals surface area contributed by atoms with Gasteiger partial charge in [0.2, 0.25) is 5.91 Å². The Hall–Kier alpha value is -1.10. The molecule has 0 unspecified atom stereocenters. The van der Waals surface area contributed by atoms with Gasteiger partial charge in [0.25, 0.3) is 0 Å². The molecule has 0 fully saturated rings. The van der Waals surface area contributed by atoms with E-state index in [0.29, 0.717) is 12.5 Å². The molecule has 0 aliphatic carbocycles. The Kier molecular flexibility index (Phi) is 8.37. The molecule has 0 heterocycles. The molecule has 0 spiro atoms. The SMILES string of the molecule is COC(=O)[C@H](NC(=O)CCCNC(C)C)C(C)C. The van der Waals surface area contributed by atoms with Crippen molar-refractivity contribution in [2.45, 2.75) is 52.6 Å². The Balaban J connectivity index is 4.00. The molecule has 5 nitrogen and oxygen atoms in total. The monoisotopic (exact) mass is 258 g/mol. The minimum absolute atomic E-state index is 0.0233. The Morgan fingerprint density at radius 1 is 1.17 bits per heavy atom. The van der Waals surface area contributed by atoms with Gasteiger partial charge in [-0.2, -0.15) is 0 Å². The van der Waals surface area contributed by atoms with E-state index in [1.807, 2.05) is 13.8 Å². The van der Waals surface area contributed by atoms with Gasteiger partial charge in [-0.15, -0.1) is 0 Å². The van der Waals surface area contributed by atoms with Crippen LogP contribution in [0.2, 0.25) is 0 Å². The summed E-state index contributed by atoms with van der Waals surface area (Å²) in [6.45, 7) is 8.68. The zero-order valence-electron chi connectivity index (χ0n) is 12.1. The molecule has 5 heteroatoms. The third-order valence-electron chi connectivity index (χ3n) is 2.57. The molecule has 0 rings (SSSR count). The third kappa shape index (κ3) is 7.27. The summed E-state index contributed by atoms with van der Waals surface area (Å²) in [5.41, 5.74) is 0. The van der Waals surface area contributed by atoms with E-state index in [0.717, 1.165) is 13.0 Å². The summed E-state index contributed by atoms with van der Waals surface area (Å²) in [5.74, 6) is -0.474. The number of hydrogen-bond donors (Lipinski definition) is 2. The lowest BCUT2D eigenvalue weighted by Gasteiger charge is -2.19. The summed E-state index contributed by atoms with van der Waals surface area (Å²) < 4.78 is 4.67. The van der Waals surface area contributed by atoms with Crippen LogP contribution in [0.5, 0.6) is 0 Å². The number of esters is 1. The van der Waals surface area contributed by atoms with Gasteiger partial charge >= 0.3 is 5.97 Å². The van der Waals surface area contributed by atoms with Crippen molar-refractivity contribution in [3.63, 3.8) is 0 Å². The van der Waals surface area contributed by atoms with Crippen molar-refractivity contribution in [2.75, 3.05) is 13.7 Å². The van der Waals surface area contributed by atoms with E-state index in [4.69, 9.17) is 0 Å². The molecule has 0 aromatic heterocycles. The van der Waals surface area contributed by atoms with Gasteiger partial charge in [0.15, 0.2) is 0 Å². The molecule has 18 heavy (non-hydrogen) atoms. The van der Waals surface area contributed by atoms with Gasteiger partial charge in [0, 0.05) is 12.5 Å². The predicted molar refractivity (Wildman–Crippen MR) is 71.2 cm³/mol. The largest absolute Gasteiger partial charge is 0.467 e. The maximum atomic E-state index is 11.7. The van der Waals surface area contributed by atoms with Crippen molar-refractivity contribution in [3.05, 3.63) is 0 Å². The van der Waals surface area contributed by atoms with Crippen LogP contribution < -0.4 is 10.6 Å². The summed E-state index contributed by atoms with van der Waals surface area (Å²) in [7, 11) is 1.33. The molecular weight excluding hydrogens is 232 g/mol. The minimum atomic E-state index is -0.555. The van der Waals surface area contributed by atoms with Crippen molar-refractivity contribution >= 4 is 11.9 Å². The quantitative estimate of drug-likeness (QED) is 0.505. The zero-order chi connectivity index (χ0) is 14.1. The van der Waals surface area contributed by atoms with Crippen molar-refractivity contribution in [2.24, 2.45) is 5.92 Å². The van der Waals surface area contributed by atoms with Gasteiger partial charge in [0.05, 0.1) is 7.11 Å². The molecule has 0 aromatic carbocycles. The number of carbonyl (C=O) groups excluding carboxylic acids is 2. The molecule has 1 amide bonds. The van der Waals surface area contributed by atoms with E-state index in [-0.39, 0.29) is 11.8 Å². The molecule has 106 valence electrons. The standard InChI is InChI=1S/C13H26N2O3/c1-9(2)12(13(17)18-5)15-11(16)7-6-8-14-10(3)4/h9-10,12,14H,6-8H2,1-5H3,(H,15,16)/t12-/m1/s1. The summed E-state index contributed by atoms with van der Waals surface area (Å²) in [6, 6.07) is -0.132. The van der Waals surface area contributed by atoms with E-state index < -0.39 is 12.0 Å².